The molecule has 1 aromatic heterocycles. The number of benzene rings is 1. The van der Waals surface area contributed by atoms with Crippen molar-refractivity contribution in [1.82, 2.24) is 20.0 Å². The summed E-state index contributed by atoms with van der Waals surface area (Å²) in [7, 11) is 0. The number of carbonyl (C=O) groups excluding carboxylic acids is 3. The van der Waals surface area contributed by atoms with E-state index in [0.29, 0.717) is 42.3 Å². The molecule has 2 amide bonds. The van der Waals surface area contributed by atoms with Crippen LogP contribution in [0, 0.1) is 5.92 Å². The summed E-state index contributed by atoms with van der Waals surface area (Å²) < 4.78 is 43.5. The quantitative estimate of drug-likeness (QED) is 0.626. The highest BCUT2D eigenvalue weighted by molar-refractivity contribution is 6.05. The summed E-state index contributed by atoms with van der Waals surface area (Å²) in [4.78, 5) is 40.1. The van der Waals surface area contributed by atoms with E-state index in [1.54, 1.807) is 29.2 Å². The molecule has 0 unspecified atom stereocenters. The molecular formula is C24H27F3N4O4. The van der Waals surface area contributed by atoms with Gasteiger partial charge in [-0.25, -0.2) is 0 Å². The van der Waals surface area contributed by atoms with Gasteiger partial charge in [0, 0.05) is 24.4 Å². The second-order valence-corrected chi connectivity index (χ2v) is 9.75. The summed E-state index contributed by atoms with van der Waals surface area (Å²) >= 11 is 0. The average Bonchev–Trinajstić information content (AvgIpc) is 3.28. The number of hydrogen-bond acceptors (Lipinski definition) is 5. The first-order valence-corrected chi connectivity index (χ1v) is 11.9. The van der Waals surface area contributed by atoms with Crippen molar-refractivity contribution in [1.29, 1.82) is 0 Å². The SMILES string of the molecule is CC(=O)c1nn(CC(=O)N2[C@@H]3C[C@@H]3C[C@H]2C(=O)N[C@H]2CCC[C@H](OC(F)(F)F)C2)c2ccccc12. The number of fused-ring (bicyclic) bond motifs is 2. The molecule has 0 bridgehead atoms. The van der Waals surface area contributed by atoms with Gasteiger partial charge < -0.3 is 10.2 Å². The van der Waals surface area contributed by atoms with Crippen LogP contribution in [0.25, 0.3) is 10.9 Å². The van der Waals surface area contributed by atoms with Crippen LogP contribution >= 0.6 is 0 Å². The molecule has 2 heterocycles. The standard InChI is InChI=1S/C24H27F3N4O4/c1-13(32)22-17-7-2-3-8-18(17)30(29-22)12-21(33)31-19-9-14(19)10-20(31)23(34)28-15-5-4-6-16(11-15)35-24(25,26)27/h2-3,7-8,14-16,19-20H,4-6,9-12H2,1H3,(H,28,34)/t14-,15+,16+,19-,20+/m1/s1. The number of alkyl halides is 3. The zero-order valence-corrected chi connectivity index (χ0v) is 19.3. The second kappa shape index (κ2) is 8.92. The number of amides is 2. The number of ketones is 1. The fourth-order valence-corrected chi connectivity index (χ4v) is 5.64. The molecule has 35 heavy (non-hydrogen) atoms. The molecule has 0 radical (unpaired) electrons. The van der Waals surface area contributed by atoms with E-state index in [9.17, 15) is 27.6 Å². The zero-order chi connectivity index (χ0) is 24.9. The molecule has 1 N–H and O–H groups in total. The number of carbonyl (C=O) groups is 3. The third kappa shape index (κ3) is 4.91. The number of halogens is 3. The molecular weight excluding hydrogens is 465 g/mol. The van der Waals surface area contributed by atoms with Gasteiger partial charge in [0.15, 0.2) is 5.78 Å². The highest BCUT2D eigenvalue weighted by Crippen LogP contribution is 2.48. The molecule has 1 saturated heterocycles. The lowest BCUT2D eigenvalue weighted by atomic mass is 9.92. The highest BCUT2D eigenvalue weighted by atomic mass is 19.4. The predicted octanol–water partition coefficient (Wildman–Crippen LogP) is 3.19. The van der Waals surface area contributed by atoms with Gasteiger partial charge in [0.05, 0.1) is 11.6 Å². The minimum Gasteiger partial charge on any atom is -0.351 e. The summed E-state index contributed by atoms with van der Waals surface area (Å²) in [6, 6.07) is 6.07. The first kappa shape index (κ1) is 23.8. The third-order valence-electron chi connectivity index (χ3n) is 7.24. The van der Waals surface area contributed by atoms with E-state index in [4.69, 9.17) is 0 Å². The van der Waals surface area contributed by atoms with Crippen LogP contribution in [0.4, 0.5) is 13.2 Å². The van der Waals surface area contributed by atoms with Gasteiger partial charge in [0.1, 0.15) is 18.3 Å². The van der Waals surface area contributed by atoms with Crippen LogP contribution in [0.2, 0.25) is 0 Å². The fraction of sp³-hybridized carbons (Fsp3) is 0.583. The van der Waals surface area contributed by atoms with Crippen molar-refractivity contribution in [3.05, 3.63) is 30.0 Å². The largest absolute Gasteiger partial charge is 0.522 e. The van der Waals surface area contributed by atoms with Gasteiger partial charge in [-0.15, -0.1) is 13.2 Å². The number of nitrogens with zero attached hydrogens (tertiary/aromatic N) is 3. The lowest BCUT2D eigenvalue weighted by molar-refractivity contribution is -0.345. The Labute approximate surface area is 199 Å². The van der Waals surface area contributed by atoms with Crippen LogP contribution in [-0.4, -0.2) is 62.9 Å². The van der Waals surface area contributed by atoms with Gasteiger partial charge in [-0.2, -0.15) is 5.10 Å². The van der Waals surface area contributed by atoms with E-state index in [1.165, 1.54) is 11.6 Å². The molecule has 5 atom stereocenters. The maximum absolute atomic E-state index is 13.3. The number of rotatable bonds is 6. The molecule has 188 valence electrons. The van der Waals surface area contributed by atoms with Crippen LogP contribution in [0.1, 0.15) is 55.9 Å². The van der Waals surface area contributed by atoms with E-state index < -0.39 is 24.6 Å². The summed E-state index contributed by atoms with van der Waals surface area (Å²) in [6.45, 7) is 1.32. The van der Waals surface area contributed by atoms with Crippen LogP contribution in [0.5, 0.6) is 0 Å². The van der Waals surface area contributed by atoms with E-state index in [0.717, 1.165) is 6.42 Å². The molecule has 2 aromatic rings. The molecule has 0 spiro atoms. The van der Waals surface area contributed by atoms with Crippen LogP contribution < -0.4 is 5.32 Å². The Bertz CT molecular complexity index is 1160. The van der Waals surface area contributed by atoms with Crippen LogP contribution in [0.3, 0.4) is 0 Å². The van der Waals surface area contributed by atoms with Crippen LogP contribution in [-0.2, 0) is 20.9 Å². The molecule has 1 aromatic carbocycles. The van der Waals surface area contributed by atoms with Gasteiger partial charge in [0.2, 0.25) is 11.8 Å². The van der Waals surface area contributed by atoms with Crippen molar-refractivity contribution >= 4 is 28.5 Å². The van der Waals surface area contributed by atoms with Crippen molar-refractivity contribution in [3.8, 4) is 0 Å². The highest BCUT2D eigenvalue weighted by Gasteiger charge is 2.56. The maximum Gasteiger partial charge on any atom is 0.522 e. The number of hydrogen-bond donors (Lipinski definition) is 1. The summed E-state index contributed by atoms with van der Waals surface area (Å²) in [5, 5.41) is 7.89. The smallest absolute Gasteiger partial charge is 0.351 e. The normalized spacial score (nSPS) is 28.1. The predicted molar refractivity (Wildman–Crippen MR) is 118 cm³/mol. The van der Waals surface area contributed by atoms with Crippen LogP contribution in [0.15, 0.2) is 24.3 Å². The first-order valence-electron chi connectivity index (χ1n) is 11.9. The van der Waals surface area contributed by atoms with Crippen molar-refractivity contribution in [3.63, 3.8) is 0 Å². The lowest BCUT2D eigenvalue weighted by Crippen LogP contribution is -2.52. The summed E-state index contributed by atoms with van der Waals surface area (Å²) in [6.07, 6.45) is -2.83. The minimum absolute atomic E-state index is 0.0139. The van der Waals surface area contributed by atoms with Crippen molar-refractivity contribution in [2.24, 2.45) is 5.92 Å². The monoisotopic (exact) mass is 492 g/mol. The third-order valence-corrected chi connectivity index (χ3v) is 7.24. The molecule has 1 aliphatic heterocycles. The molecule has 3 aliphatic rings. The van der Waals surface area contributed by atoms with E-state index >= 15 is 0 Å². The zero-order valence-electron chi connectivity index (χ0n) is 19.3. The van der Waals surface area contributed by atoms with Crippen molar-refractivity contribution < 1.29 is 32.3 Å². The molecule has 3 fully saturated rings. The average molecular weight is 492 g/mol. The maximum atomic E-state index is 13.3. The van der Waals surface area contributed by atoms with Gasteiger partial charge in [-0.3, -0.25) is 23.8 Å². The number of Topliss-reactive ketones (excluding diaryl/α,β-unsaturated/α-hetero) is 1. The number of likely N-dealkylation sites (tertiary alicyclic amines) is 1. The topological polar surface area (TPSA) is 93.5 Å². The minimum atomic E-state index is -4.70. The molecule has 11 heteroatoms. The lowest BCUT2D eigenvalue weighted by Gasteiger charge is -2.33. The van der Waals surface area contributed by atoms with E-state index in [1.807, 2.05) is 0 Å². The summed E-state index contributed by atoms with van der Waals surface area (Å²) in [5.41, 5.74) is 0.956. The Hall–Kier alpha value is -2.95. The van der Waals surface area contributed by atoms with Gasteiger partial charge in [-0.05, 0) is 50.5 Å². The first-order chi connectivity index (χ1) is 16.6. The molecule has 5 rings (SSSR count). The van der Waals surface area contributed by atoms with Crippen molar-refractivity contribution in [2.45, 2.75) is 82.6 Å². The van der Waals surface area contributed by atoms with Gasteiger partial charge in [0.25, 0.3) is 0 Å². The fourth-order valence-electron chi connectivity index (χ4n) is 5.64. The number of aromatic nitrogens is 2. The number of piperidine rings is 1. The molecule has 2 aliphatic carbocycles. The Morgan fingerprint density at radius 1 is 1.14 bits per heavy atom. The number of para-hydroxylation sites is 1. The Morgan fingerprint density at radius 2 is 1.91 bits per heavy atom. The number of ether oxygens (including phenoxy) is 1. The summed E-state index contributed by atoms with van der Waals surface area (Å²) in [5.74, 6) is -0.545. The Balaban J connectivity index is 1.27. The van der Waals surface area contributed by atoms with E-state index in [2.05, 4.69) is 15.2 Å². The van der Waals surface area contributed by atoms with Gasteiger partial charge in [-0.1, -0.05) is 18.2 Å². The second-order valence-electron chi connectivity index (χ2n) is 9.75. The Kier molecular flexibility index (Phi) is 6.06. The Morgan fingerprint density at radius 3 is 2.66 bits per heavy atom. The van der Waals surface area contributed by atoms with Gasteiger partial charge >= 0.3 is 6.36 Å². The van der Waals surface area contributed by atoms with E-state index in [-0.39, 0.29) is 42.5 Å². The van der Waals surface area contributed by atoms with Crippen molar-refractivity contribution in [2.75, 3.05) is 0 Å². The molecule has 8 nitrogen and oxygen atoms in total. The number of nitrogens with one attached hydrogen (secondary N) is 1. The molecule has 2 saturated carbocycles.